The molecule has 0 spiro atoms. The van der Waals surface area contributed by atoms with E-state index < -0.39 is 0 Å². The molecule has 0 atom stereocenters. The number of aliphatic hydroxyl groups excluding tert-OH is 1. The number of aliphatic hydroxyl groups is 1. The molecular formula is C13H19N2O. The Bertz CT molecular complexity index is 332. The van der Waals surface area contributed by atoms with Crippen molar-refractivity contribution in [2.75, 3.05) is 37.6 Å². The molecule has 0 bridgehead atoms. The van der Waals surface area contributed by atoms with E-state index in [2.05, 4.69) is 22.8 Å². The largest absolute Gasteiger partial charge is 0.392 e. The molecule has 1 saturated heterocycles. The highest BCUT2D eigenvalue weighted by Crippen LogP contribution is 2.21. The molecule has 16 heavy (non-hydrogen) atoms. The summed E-state index contributed by atoms with van der Waals surface area (Å²) in [6.45, 7) is 7.74. The van der Waals surface area contributed by atoms with Gasteiger partial charge in [-0.05, 0) is 24.7 Å². The molecule has 1 aromatic carbocycles. The summed E-state index contributed by atoms with van der Waals surface area (Å²) in [4.78, 5) is 4.80. The average molecular weight is 219 g/mol. The summed E-state index contributed by atoms with van der Waals surface area (Å²) in [6, 6.07) is 8.86. The molecule has 1 aromatic rings. The molecule has 0 amide bonds. The zero-order valence-electron chi connectivity index (χ0n) is 9.82. The van der Waals surface area contributed by atoms with Gasteiger partial charge in [-0.1, -0.05) is 13.0 Å². The first-order chi connectivity index (χ1) is 7.85. The van der Waals surface area contributed by atoms with Crippen LogP contribution in [0.4, 0.5) is 5.69 Å². The van der Waals surface area contributed by atoms with Crippen molar-refractivity contribution in [3.05, 3.63) is 29.8 Å². The van der Waals surface area contributed by atoms with Gasteiger partial charge in [-0.15, -0.1) is 0 Å². The molecule has 3 heteroatoms. The minimum atomic E-state index is 0.0979. The minimum Gasteiger partial charge on any atom is -0.392 e. The van der Waals surface area contributed by atoms with Crippen molar-refractivity contribution in [1.29, 1.82) is 0 Å². The number of rotatable bonds is 3. The van der Waals surface area contributed by atoms with E-state index in [0.717, 1.165) is 44.0 Å². The molecule has 87 valence electrons. The number of hydrogen-bond acceptors (Lipinski definition) is 3. The summed E-state index contributed by atoms with van der Waals surface area (Å²) >= 11 is 0. The van der Waals surface area contributed by atoms with Gasteiger partial charge in [0.2, 0.25) is 0 Å². The fraction of sp³-hybridized carbons (Fsp3) is 0.538. The number of piperazine rings is 1. The van der Waals surface area contributed by atoms with Crippen molar-refractivity contribution in [2.24, 2.45) is 0 Å². The molecule has 1 radical (unpaired) electrons. The summed E-state index contributed by atoms with van der Waals surface area (Å²) in [7, 11) is 0. The highest BCUT2D eigenvalue weighted by atomic mass is 16.3. The Balaban J connectivity index is 2.07. The van der Waals surface area contributed by atoms with Crippen LogP contribution in [0.2, 0.25) is 0 Å². The second-order valence-electron chi connectivity index (χ2n) is 4.13. The maximum atomic E-state index is 9.29. The van der Waals surface area contributed by atoms with Crippen LogP contribution in [0.15, 0.2) is 18.2 Å². The minimum absolute atomic E-state index is 0.0979. The Kier molecular flexibility index (Phi) is 3.80. The van der Waals surface area contributed by atoms with E-state index in [1.165, 1.54) is 0 Å². The zero-order valence-corrected chi connectivity index (χ0v) is 9.82. The highest BCUT2D eigenvalue weighted by molar-refractivity contribution is 5.53. The Morgan fingerprint density at radius 1 is 1.31 bits per heavy atom. The summed E-state index contributed by atoms with van der Waals surface area (Å²) in [6.07, 6.45) is 0. The van der Waals surface area contributed by atoms with Crippen molar-refractivity contribution >= 4 is 5.69 Å². The van der Waals surface area contributed by atoms with Gasteiger partial charge in [-0.3, -0.25) is 0 Å². The molecule has 1 aliphatic heterocycles. The molecule has 2 rings (SSSR count). The normalized spacial score (nSPS) is 17.8. The first-order valence-corrected chi connectivity index (χ1v) is 5.92. The van der Waals surface area contributed by atoms with Gasteiger partial charge in [0.25, 0.3) is 0 Å². The highest BCUT2D eigenvalue weighted by Gasteiger charge is 2.17. The van der Waals surface area contributed by atoms with Crippen LogP contribution in [0.1, 0.15) is 12.5 Å². The van der Waals surface area contributed by atoms with Crippen LogP contribution in [0.3, 0.4) is 0 Å². The van der Waals surface area contributed by atoms with Gasteiger partial charge in [0.15, 0.2) is 0 Å². The van der Waals surface area contributed by atoms with Gasteiger partial charge in [-0.2, -0.15) is 0 Å². The van der Waals surface area contributed by atoms with Gasteiger partial charge < -0.3 is 14.9 Å². The first kappa shape index (κ1) is 11.4. The van der Waals surface area contributed by atoms with Crippen molar-refractivity contribution in [2.45, 2.75) is 13.5 Å². The van der Waals surface area contributed by atoms with Crippen molar-refractivity contribution in [3.8, 4) is 0 Å². The summed E-state index contributed by atoms with van der Waals surface area (Å²) in [5.74, 6) is 0. The number of anilines is 1. The molecule has 1 N–H and O–H groups in total. The second-order valence-corrected chi connectivity index (χ2v) is 4.13. The average Bonchev–Trinajstić information content (AvgIpc) is 2.39. The van der Waals surface area contributed by atoms with E-state index in [4.69, 9.17) is 0 Å². The van der Waals surface area contributed by atoms with E-state index in [9.17, 15) is 5.11 Å². The van der Waals surface area contributed by atoms with Gasteiger partial charge >= 0.3 is 0 Å². The van der Waals surface area contributed by atoms with Gasteiger partial charge in [0.1, 0.15) is 0 Å². The summed E-state index contributed by atoms with van der Waals surface area (Å²) in [5.41, 5.74) is 2.14. The predicted molar refractivity (Wildman–Crippen MR) is 65.5 cm³/mol. The smallest absolute Gasteiger partial charge is 0.0702 e. The molecule has 1 fully saturated rings. The zero-order chi connectivity index (χ0) is 11.4. The summed E-state index contributed by atoms with van der Waals surface area (Å²) in [5, 5.41) is 9.29. The van der Waals surface area contributed by atoms with Crippen LogP contribution in [-0.2, 0) is 6.61 Å². The number of nitrogens with zero attached hydrogens (tertiary/aromatic N) is 2. The third kappa shape index (κ3) is 2.36. The van der Waals surface area contributed by atoms with E-state index in [1.807, 2.05) is 18.2 Å². The Morgan fingerprint density at radius 3 is 2.69 bits per heavy atom. The fourth-order valence-corrected chi connectivity index (χ4v) is 2.20. The Labute approximate surface area is 97.3 Å². The molecule has 0 aromatic heterocycles. The SMILES string of the molecule is CCN1CCN(c2cc[c]cc2CO)CC1. The molecular weight excluding hydrogens is 200 g/mol. The first-order valence-electron chi connectivity index (χ1n) is 5.92. The topological polar surface area (TPSA) is 26.7 Å². The molecule has 0 saturated carbocycles. The fourth-order valence-electron chi connectivity index (χ4n) is 2.20. The van der Waals surface area contributed by atoms with E-state index in [1.54, 1.807) is 0 Å². The van der Waals surface area contributed by atoms with Crippen LogP contribution < -0.4 is 4.90 Å². The van der Waals surface area contributed by atoms with E-state index in [0.29, 0.717) is 0 Å². The van der Waals surface area contributed by atoms with Crippen LogP contribution in [0, 0.1) is 6.07 Å². The maximum Gasteiger partial charge on any atom is 0.0702 e. The molecule has 0 aliphatic carbocycles. The molecule has 1 heterocycles. The lowest BCUT2D eigenvalue weighted by molar-refractivity contribution is 0.267. The number of hydrogen-bond donors (Lipinski definition) is 1. The monoisotopic (exact) mass is 219 g/mol. The maximum absolute atomic E-state index is 9.29. The van der Waals surface area contributed by atoms with E-state index >= 15 is 0 Å². The van der Waals surface area contributed by atoms with Crippen LogP contribution in [0.5, 0.6) is 0 Å². The number of benzene rings is 1. The lowest BCUT2D eigenvalue weighted by Gasteiger charge is -2.36. The Morgan fingerprint density at radius 2 is 2.06 bits per heavy atom. The van der Waals surface area contributed by atoms with E-state index in [-0.39, 0.29) is 6.61 Å². The van der Waals surface area contributed by atoms with Crippen LogP contribution in [-0.4, -0.2) is 42.7 Å². The molecule has 1 aliphatic rings. The van der Waals surface area contributed by atoms with Crippen LogP contribution in [0.25, 0.3) is 0 Å². The van der Waals surface area contributed by atoms with Gasteiger partial charge in [0.05, 0.1) is 6.61 Å². The van der Waals surface area contributed by atoms with Gasteiger partial charge in [0, 0.05) is 37.4 Å². The lowest BCUT2D eigenvalue weighted by atomic mass is 10.1. The second kappa shape index (κ2) is 5.32. The molecule has 3 nitrogen and oxygen atoms in total. The van der Waals surface area contributed by atoms with Crippen molar-refractivity contribution < 1.29 is 5.11 Å². The Hall–Kier alpha value is -1.06. The van der Waals surface area contributed by atoms with Crippen molar-refractivity contribution in [3.63, 3.8) is 0 Å². The quantitative estimate of drug-likeness (QED) is 0.825. The standard InChI is InChI=1S/C13H19N2O/c1-2-14-7-9-15(10-8-14)13-6-4-3-5-12(13)11-16/h4-6,16H,2,7-11H2,1H3. The third-order valence-electron chi connectivity index (χ3n) is 3.25. The predicted octanol–water partition coefficient (Wildman–Crippen LogP) is 1.12. The summed E-state index contributed by atoms with van der Waals surface area (Å²) < 4.78 is 0. The number of likely N-dealkylation sites (N-methyl/N-ethyl adjacent to an activating group) is 1. The third-order valence-corrected chi connectivity index (χ3v) is 3.25. The lowest BCUT2D eigenvalue weighted by Crippen LogP contribution is -2.46. The molecule has 0 unspecified atom stereocenters. The van der Waals surface area contributed by atoms with Gasteiger partial charge in [-0.25, -0.2) is 0 Å². The van der Waals surface area contributed by atoms with Crippen molar-refractivity contribution in [1.82, 2.24) is 4.90 Å². The van der Waals surface area contributed by atoms with Crippen LogP contribution >= 0.6 is 0 Å².